The van der Waals surface area contributed by atoms with E-state index in [0.717, 1.165) is 17.2 Å². The van der Waals surface area contributed by atoms with Crippen molar-refractivity contribution in [1.82, 2.24) is 24.6 Å². The highest BCUT2D eigenvalue weighted by Gasteiger charge is 2.40. The minimum Gasteiger partial charge on any atom is -0.345 e. The Bertz CT molecular complexity index is 1260. The van der Waals surface area contributed by atoms with E-state index in [1.165, 1.54) is 24.3 Å². The summed E-state index contributed by atoms with van der Waals surface area (Å²) in [6.45, 7) is 2.50. The SMILES string of the molecule is CCn1c(CNC(=O)c2cnn(-c3cccc(Cl)c3)c2C(F)(F)F)nc2ccccc21. The predicted octanol–water partition coefficient (Wildman–Crippen LogP) is 4.84. The number of aryl methyl sites for hydroxylation is 1. The number of nitrogens with zero attached hydrogens (tertiary/aromatic N) is 4. The third-order valence-electron chi connectivity index (χ3n) is 4.79. The molecule has 0 unspecified atom stereocenters. The van der Waals surface area contributed by atoms with Gasteiger partial charge in [0.05, 0.1) is 35.0 Å². The summed E-state index contributed by atoms with van der Waals surface area (Å²) < 4.78 is 44.0. The Balaban J connectivity index is 1.65. The Hall–Kier alpha value is -3.33. The smallest absolute Gasteiger partial charge is 0.345 e. The summed E-state index contributed by atoms with van der Waals surface area (Å²) in [5.74, 6) is -0.344. The summed E-state index contributed by atoms with van der Waals surface area (Å²) >= 11 is 5.90. The number of fused-ring (bicyclic) bond motifs is 1. The molecule has 4 aromatic rings. The van der Waals surface area contributed by atoms with Crippen LogP contribution >= 0.6 is 11.6 Å². The largest absolute Gasteiger partial charge is 0.434 e. The molecule has 2 heterocycles. The molecule has 1 N–H and O–H groups in total. The number of aromatic nitrogens is 4. The molecule has 0 bridgehead atoms. The second-order valence-corrected chi connectivity index (χ2v) is 7.18. The molecule has 0 fully saturated rings. The first kappa shape index (κ1) is 20.9. The average Bonchev–Trinajstić information content (AvgIpc) is 3.33. The van der Waals surface area contributed by atoms with Crippen molar-refractivity contribution >= 4 is 28.5 Å². The molecule has 0 saturated heterocycles. The first-order valence-corrected chi connectivity index (χ1v) is 9.81. The molecule has 10 heteroatoms. The lowest BCUT2D eigenvalue weighted by Gasteiger charge is -2.13. The lowest BCUT2D eigenvalue weighted by Crippen LogP contribution is -2.27. The van der Waals surface area contributed by atoms with Crippen LogP contribution < -0.4 is 5.32 Å². The van der Waals surface area contributed by atoms with Gasteiger partial charge in [-0.3, -0.25) is 4.79 Å². The van der Waals surface area contributed by atoms with E-state index >= 15 is 0 Å². The summed E-state index contributed by atoms with van der Waals surface area (Å²) in [5.41, 5.74) is -0.00749. The van der Waals surface area contributed by atoms with Crippen LogP contribution in [0.4, 0.5) is 13.2 Å². The van der Waals surface area contributed by atoms with Crippen molar-refractivity contribution in [3.05, 3.63) is 76.8 Å². The zero-order chi connectivity index (χ0) is 22.2. The third kappa shape index (κ3) is 4.00. The van der Waals surface area contributed by atoms with Gasteiger partial charge in [0.15, 0.2) is 5.69 Å². The maximum absolute atomic E-state index is 13.8. The van der Waals surface area contributed by atoms with E-state index in [1.807, 2.05) is 35.8 Å². The average molecular weight is 448 g/mol. The summed E-state index contributed by atoms with van der Waals surface area (Å²) in [7, 11) is 0. The standard InChI is InChI=1S/C21H17ClF3N5O/c1-2-29-17-9-4-3-8-16(17)28-18(29)12-26-20(31)15-11-27-30(19(15)21(23,24)25)14-7-5-6-13(22)10-14/h3-11H,2,12H2,1H3,(H,26,31). The van der Waals surface area contributed by atoms with Crippen molar-refractivity contribution < 1.29 is 18.0 Å². The molecular weight excluding hydrogens is 431 g/mol. The van der Waals surface area contributed by atoms with Crippen LogP contribution in [0, 0.1) is 0 Å². The fraction of sp³-hybridized carbons (Fsp3) is 0.190. The molecule has 0 spiro atoms. The Labute approximate surface area is 180 Å². The molecule has 4 rings (SSSR count). The maximum Gasteiger partial charge on any atom is 0.434 e. The number of amides is 1. The van der Waals surface area contributed by atoms with E-state index < -0.39 is 23.3 Å². The zero-order valence-electron chi connectivity index (χ0n) is 16.3. The van der Waals surface area contributed by atoms with Gasteiger partial charge < -0.3 is 9.88 Å². The van der Waals surface area contributed by atoms with Crippen LogP contribution in [0.2, 0.25) is 5.02 Å². The van der Waals surface area contributed by atoms with Gasteiger partial charge in [0.1, 0.15) is 5.82 Å². The van der Waals surface area contributed by atoms with Gasteiger partial charge in [-0.05, 0) is 37.3 Å². The second kappa shape index (κ2) is 8.07. The topological polar surface area (TPSA) is 64.7 Å². The van der Waals surface area contributed by atoms with Gasteiger partial charge in [-0.15, -0.1) is 0 Å². The summed E-state index contributed by atoms with van der Waals surface area (Å²) in [6, 6.07) is 13.3. The molecular formula is C21H17ClF3N5O. The molecule has 2 aromatic carbocycles. The third-order valence-corrected chi connectivity index (χ3v) is 5.03. The monoisotopic (exact) mass is 447 g/mol. The number of carbonyl (C=O) groups excluding carboxylic acids is 1. The highest BCUT2D eigenvalue weighted by molar-refractivity contribution is 6.30. The van der Waals surface area contributed by atoms with Crippen LogP contribution in [-0.2, 0) is 19.3 Å². The molecule has 6 nitrogen and oxygen atoms in total. The number of alkyl halides is 3. The number of nitrogens with one attached hydrogen (secondary N) is 1. The molecule has 160 valence electrons. The van der Waals surface area contributed by atoms with Gasteiger partial charge in [0.2, 0.25) is 0 Å². The van der Waals surface area contributed by atoms with E-state index in [1.54, 1.807) is 0 Å². The first-order valence-electron chi connectivity index (χ1n) is 9.43. The van der Waals surface area contributed by atoms with E-state index in [4.69, 9.17) is 11.6 Å². The van der Waals surface area contributed by atoms with E-state index in [0.29, 0.717) is 17.1 Å². The first-order chi connectivity index (χ1) is 14.8. The van der Waals surface area contributed by atoms with Crippen molar-refractivity contribution in [2.75, 3.05) is 0 Å². The number of imidazole rings is 1. The highest BCUT2D eigenvalue weighted by Crippen LogP contribution is 2.34. The van der Waals surface area contributed by atoms with E-state index in [-0.39, 0.29) is 17.3 Å². The Kier molecular flexibility index (Phi) is 5.45. The van der Waals surface area contributed by atoms with Crippen LogP contribution in [0.3, 0.4) is 0 Å². The van der Waals surface area contributed by atoms with Gasteiger partial charge >= 0.3 is 6.18 Å². The molecule has 0 aliphatic rings. The molecule has 2 aromatic heterocycles. The number of carbonyl (C=O) groups is 1. The Morgan fingerprint density at radius 3 is 2.65 bits per heavy atom. The van der Waals surface area contributed by atoms with Gasteiger partial charge in [0, 0.05) is 11.6 Å². The quantitative estimate of drug-likeness (QED) is 0.476. The molecule has 1 amide bonds. The van der Waals surface area contributed by atoms with Crippen LogP contribution in [0.15, 0.2) is 54.7 Å². The van der Waals surface area contributed by atoms with E-state index in [2.05, 4.69) is 15.4 Å². The molecule has 0 saturated carbocycles. The fourth-order valence-electron chi connectivity index (χ4n) is 3.46. The molecule has 0 aliphatic heterocycles. The number of hydrogen-bond acceptors (Lipinski definition) is 3. The van der Waals surface area contributed by atoms with Crippen molar-refractivity contribution in [2.24, 2.45) is 0 Å². The summed E-state index contributed by atoms with van der Waals surface area (Å²) in [5, 5.41) is 6.59. The van der Waals surface area contributed by atoms with Crippen LogP contribution in [0.25, 0.3) is 16.7 Å². The van der Waals surface area contributed by atoms with Gasteiger partial charge in [-0.25, -0.2) is 9.67 Å². The van der Waals surface area contributed by atoms with E-state index in [9.17, 15) is 18.0 Å². The molecule has 0 aliphatic carbocycles. The van der Waals surface area contributed by atoms with Gasteiger partial charge in [-0.1, -0.05) is 29.8 Å². The Morgan fingerprint density at radius 2 is 1.94 bits per heavy atom. The highest BCUT2D eigenvalue weighted by atomic mass is 35.5. The number of para-hydroxylation sites is 2. The van der Waals surface area contributed by atoms with Gasteiger partial charge in [0.25, 0.3) is 5.91 Å². The molecule has 0 radical (unpaired) electrons. The minimum absolute atomic E-state index is 0.0268. The Morgan fingerprint density at radius 1 is 1.16 bits per heavy atom. The number of halogens is 4. The van der Waals surface area contributed by atoms with Crippen LogP contribution in [0.1, 0.15) is 28.8 Å². The predicted molar refractivity (Wildman–Crippen MR) is 110 cm³/mol. The number of rotatable bonds is 5. The normalized spacial score (nSPS) is 11.8. The summed E-state index contributed by atoms with van der Waals surface area (Å²) in [4.78, 5) is 17.2. The summed E-state index contributed by atoms with van der Waals surface area (Å²) in [6.07, 6.45) is -3.90. The van der Waals surface area contributed by atoms with Crippen molar-refractivity contribution in [2.45, 2.75) is 26.2 Å². The maximum atomic E-state index is 13.8. The van der Waals surface area contributed by atoms with Gasteiger partial charge in [-0.2, -0.15) is 18.3 Å². The van der Waals surface area contributed by atoms with Crippen molar-refractivity contribution in [1.29, 1.82) is 0 Å². The fourth-order valence-corrected chi connectivity index (χ4v) is 3.64. The molecule has 31 heavy (non-hydrogen) atoms. The van der Waals surface area contributed by atoms with Crippen LogP contribution in [-0.4, -0.2) is 25.2 Å². The van der Waals surface area contributed by atoms with Crippen LogP contribution in [0.5, 0.6) is 0 Å². The number of hydrogen-bond donors (Lipinski definition) is 1. The second-order valence-electron chi connectivity index (χ2n) is 6.74. The van der Waals surface area contributed by atoms with Crippen molar-refractivity contribution in [3.63, 3.8) is 0 Å². The zero-order valence-corrected chi connectivity index (χ0v) is 17.1. The lowest BCUT2D eigenvalue weighted by molar-refractivity contribution is -0.143. The lowest BCUT2D eigenvalue weighted by atomic mass is 10.2. The number of benzene rings is 2. The van der Waals surface area contributed by atoms with Crippen molar-refractivity contribution in [3.8, 4) is 5.69 Å². The minimum atomic E-state index is -4.80. The molecule has 0 atom stereocenters.